The number of nitrogens with zero attached hydrogens (tertiary/aromatic N) is 1. The number of hydrogen-bond donors (Lipinski definition) is 1. The first-order valence-corrected chi connectivity index (χ1v) is 6.76. The van der Waals surface area contributed by atoms with Crippen molar-refractivity contribution in [3.05, 3.63) is 52.0 Å². The maximum Gasteiger partial charge on any atom is 0.122 e. The van der Waals surface area contributed by atoms with E-state index in [4.69, 9.17) is 0 Å². The largest absolute Gasteiger partial charge is 0.382 e. The number of aromatic nitrogens is 1. The van der Waals surface area contributed by atoms with Crippen LogP contribution in [0.25, 0.3) is 0 Å². The van der Waals surface area contributed by atoms with E-state index in [1.54, 1.807) is 5.51 Å². The lowest BCUT2D eigenvalue weighted by Crippen LogP contribution is -2.01. The molecule has 0 saturated heterocycles. The highest BCUT2D eigenvalue weighted by atomic mass is 32.1. The minimum atomic E-state index is -0.603. The Morgan fingerprint density at radius 2 is 2.18 bits per heavy atom. The lowest BCUT2D eigenvalue weighted by Gasteiger charge is -2.11. The van der Waals surface area contributed by atoms with Crippen LogP contribution in [-0.2, 0) is 6.42 Å². The first-order valence-electron chi connectivity index (χ1n) is 5.82. The molecule has 0 aliphatic rings. The van der Waals surface area contributed by atoms with Crippen molar-refractivity contribution in [1.82, 2.24) is 4.98 Å². The molecule has 1 aromatic heterocycles. The van der Waals surface area contributed by atoms with Crippen molar-refractivity contribution in [3.63, 3.8) is 0 Å². The SMILES string of the molecule is CC(C)Cc1cccc(C(O)c2cscn2)c1. The fraction of sp³-hybridized carbons (Fsp3) is 0.357. The van der Waals surface area contributed by atoms with E-state index >= 15 is 0 Å². The van der Waals surface area contributed by atoms with E-state index in [1.807, 2.05) is 17.5 Å². The van der Waals surface area contributed by atoms with Gasteiger partial charge in [0.2, 0.25) is 0 Å². The van der Waals surface area contributed by atoms with Crippen molar-refractivity contribution in [3.8, 4) is 0 Å². The first-order chi connectivity index (χ1) is 8.16. The zero-order valence-corrected chi connectivity index (χ0v) is 10.9. The molecule has 0 amide bonds. The molecule has 0 fully saturated rings. The molecule has 0 aliphatic heterocycles. The van der Waals surface area contributed by atoms with Gasteiger partial charge in [-0.05, 0) is 23.5 Å². The van der Waals surface area contributed by atoms with Crippen LogP contribution >= 0.6 is 11.3 Å². The average molecular weight is 247 g/mol. The fourth-order valence-corrected chi connectivity index (χ4v) is 2.46. The maximum atomic E-state index is 10.2. The van der Waals surface area contributed by atoms with Crippen molar-refractivity contribution in [2.75, 3.05) is 0 Å². The summed E-state index contributed by atoms with van der Waals surface area (Å²) in [5.74, 6) is 0.627. The van der Waals surface area contributed by atoms with E-state index in [0.29, 0.717) is 5.92 Å². The van der Waals surface area contributed by atoms with Gasteiger partial charge in [-0.1, -0.05) is 38.1 Å². The smallest absolute Gasteiger partial charge is 0.122 e. The van der Waals surface area contributed by atoms with Crippen molar-refractivity contribution >= 4 is 11.3 Å². The Hall–Kier alpha value is -1.19. The summed E-state index contributed by atoms with van der Waals surface area (Å²) in [6, 6.07) is 8.14. The topological polar surface area (TPSA) is 33.1 Å². The van der Waals surface area contributed by atoms with Gasteiger partial charge < -0.3 is 5.11 Å². The zero-order valence-electron chi connectivity index (χ0n) is 10.1. The molecule has 1 aromatic carbocycles. The minimum Gasteiger partial charge on any atom is -0.382 e. The van der Waals surface area contributed by atoms with Gasteiger partial charge in [-0.3, -0.25) is 0 Å². The van der Waals surface area contributed by atoms with Crippen LogP contribution in [0.4, 0.5) is 0 Å². The highest BCUT2D eigenvalue weighted by Crippen LogP contribution is 2.23. The lowest BCUT2D eigenvalue weighted by atomic mass is 9.98. The normalized spacial score (nSPS) is 12.9. The second kappa shape index (κ2) is 5.43. The Bertz CT molecular complexity index is 465. The molecule has 0 saturated carbocycles. The van der Waals surface area contributed by atoms with Gasteiger partial charge in [0.1, 0.15) is 6.10 Å². The minimum absolute atomic E-state index is 0.603. The van der Waals surface area contributed by atoms with E-state index in [0.717, 1.165) is 17.7 Å². The van der Waals surface area contributed by atoms with Crippen molar-refractivity contribution in [2.45, 2.75) is 26.4 Å². The summed E-state index contributed by atoms with van der Waals surface area (Å²) in [7, 11) is 0. The van der Waals surface area contributed by atoms with Gasteiger partial charge in [-0.15, -0.1) is 11.3 Å². The molecular formula is C14H17NOS. The predicted molar refractivity (Wildman–Crippen MR) is 71.2 cm³/mol. The molecule has 0 radical (unpaired) electrons. The highest BCUT2D eigenvalue weighted by molar-refractivity contribution is 7.07. The molecule has 2 rings (SSSR count). The van der Waals surface area contributed by atoms with Crippen molar-refractivity contribution in [1.29, 1.82) is 0 Å². The molecule has 1 heterocycles. The second-order valence-corrected chi connectivity index (χ2v) is 5.38. The molecule has 2 nitrogen and oxygen atoms in total. The van der Waals surface area contributed by atoms with E-state index in [9.17, 15) is 5.11 Å². The maximum absolute atomic E-state index is 10.2. The quantitative estimate of drug-likeness (QED) is 0.898. The summed E-state index contributed by atoms with van der Waals surface area (Å²) in [4.78, 5) is 4.15. The third kappa shape index (κ3) is 3.14. The van der Waals surface area contributed by atoms with Crippen LogP contribution < -0.4 is 0 Å². The summed E-state index contributed by atoms with van der Waals surface area (Å²) in [5.41, 5.74) is 4.67. The Labute approximate surface area is 106 Å². The standard InChI is InChI=1S/C14H17NOS/c1-10(2)6-11-4-3-5-12(7-11)14(16)13-8-17-9-15-13/h3-5,7-10,14,16H,6H2,1-2H3. The average Bonchev–Trinajstić information content (AvgIpc) is 2.81. The van der Waals surface area contributed by atoms with E-state index in [2.05, 4.69) is 31.0 Å². The van der Waals surface area contributed by atoms with Gasteiger partial charge in [0, 0.05) is 5.38 Å². The van der Waals surface area contributed by atoms with Gasteiger partial charge in [-0.25, -0.2) is 4.98 Å². The van der Waals surface area contributed by atoms with Crippen LogP contribution in [0, 0.1) is 5.92 Å². The molecule has 2 aromatic rings. The summed E-state index contributed by atoms with van der Waals surface area (Å²) in [6.07, 6.45) is 0.436. The van der Waals surface area contributed by atoms with E-state index in [-0.39, 0.29) is 0 Å². The molecular weight excluding hydrogens is 230 g/mol. The summed E-state index contributed by atoms with van der Waals surface area (Å²) in [5, 5.41) is 12.1. The molecule has 3 heteroatoms. The van der Waals surface area contributed by atoms with Crippen molar-refractivity contribution in [2.24, 2.45) is 5.92 Å². The Morgan fingerprint density at radius 1 is 1.35 bits per heavy atom. The van der Waals surface area contributed by atoms with Crippen LogP contribution in [-0.4, -0.2) is 10.1 Å². The molecule has 0 spiro atoms. The molecule has 1 N–H and O–H groups in total. The molecule has 1 unspecified atom stereocenters. The third-order valence-corrected chi connectivity index (χ3v) is 3.25. The number of aliphatic hydroxyl groups is 1. The van der Waals surface area contributed by atoms with Gasteiger partial charge in [0.25, 0.3) is 0 Å². The molecule has 90 valence electrons. The number of aliphatic hydroxyl groups excluding tert-OH is 1. The van der Waals surface area contributed by atoms with E-state index in [1.165, 1.54) is 16.9 Å². The predicted octanol–water partition coefficient (Wildman–Crippen LogP) is 3.42. The van der Waals surface area contributed by atoms with Gasteiger partial charge in [0.15, 0.2) is 0 Å². The number of thiazole rings is 1. The number of rotatable bonds is 4. The third-order valence-electron chi connectivity index (χ3n) is 2.64. The molecule has 0 aliphatic carbocycles. The highest BCUT2D eigenvalue weighted by Gasteiger charge is 2.12. The van der Waals surface area contributed by atoms with Crippen molar-refractivity contribution < 1.29 is 5.11 Å². The molecule has 17 heavy (non-hydrogen) atoms. The van der Waals surface area contributed by atoms with Gasteiger partial charge >= 0.3 is 0 Å². The second-order valence-electron chi connectivity index (χ2n) is 4.66. The molecule has 1 atom stereocenters. The van der Waals surface area contributed by atoms with Crippen LogP contribution in [0.15, 0.2) is 35.2 Å². The Kier molecular flexibility index (Phi) is 3.92. The Morgan fingerprint density at radius 3 is 2.82 bits per heavy atom. The van der Waals surface area contributed by atoms with Crippen LogP contribution in [0.2, 0.25) is 0 Å². The summed E-state index contributed by atoms with van der Waals surface area (Å²) in [6.45, 7) is 4.40. The first kappa shape index (κ1) is 12.3. The zero-order chi connectivity index (χ0) is 12.3. The van der Waals surface area contributed by atoms with Crippen LogP contribution in [0.1, 0.15) is 36.8 Å². The van der Waals surface area contributed by atoms with Crippen LogP contribution in [0.3, 0.4) is 0 Å². The number of hydrogen-bond acceptors (Lipinski definition) is 3. The Balaban J connectivity index is 2.21. The van der Waals surface area contributed by atoms with Gasteiger partial charge in [-0.2, -0.15) is 0 Å². The van der Waals surface area contributed by atoms with E-state index < -0.39 is 6.10 Å². The van der Waals surface area contributed by atoms with Crippen LogP contribution in [0.5, 0.6) is 0 Å². The monoisotopic (exact) mass is 247 g/mol. The van der Waals surface area contributed by atoms with Gasteiger partial charge in [0.05, 0.1) is 11.2 Å². The summed E-state index contributed by atoms with van der Waals surface area (Å²) >= 11 is 1.51. The fourth-order valence-electron chi connectivity index (χ4n) is 1.89. The summed E-state index contributed by atoms with van der Waals surface area (Å²) < 4.78 is 0. The molecule has 0 bridgehead atoms. The lowest BCUT2D eigenvalue weighted by molar-refractivity contribution is 0.216. The number of benzene rings is 1.